The molecular weight excluding hydrogens is 272 g/mol. The molecule has 0 bridgehead atoms. The van der Waals surface area contributed by atoms with E-state index in [-0.39, 0.29) is 0 Å². The Balaban J connectivity index is 2.16. The summed E-state index contributed by atoms with van der Waals surface area (Å²) in [5, 5.41) is 8.86. The fourth-order valence-corrected chi connectivity index (χ4v) is 2.92. The van der Waals surface area contributed by atoms with Crippen molar-refractivity contribution < 1.29 is 14.6 Å². The molecule has 0 saturated heterocycles. The summed E-state index contributed by atoms with van der Waals surface area (Å²) >= 11 is 1.36. The average molecular weight is 288 g/mol. The second-order valence-electron chi connectivity index (χ2n) is 4.27. The van der Waals surface area contributed by atoms with Gasteiger partial charge in [0.15, 0.2) is 0 Å². The molecule has 0 spiro atoms. The van der Waals surface area contributed by atoms with Gasteiger partial charge < -0.3 is 9.84 Å². The van der Waals surface area contributed by atoms with Crippen molar-refractivity contribution in [3.63, 3.8) is 0 Å². The molecule has 0 unspecified atom stereocenters. The van der Waals surface area contributed by atoms with E-state index in [9.17, 15) is 9.90 Å². The summed E-state index contributed by atoms with van der Waals surface area (Å²) < 4.78 is 5.27. The molecular formula is C16H16O3S. The lowest BCUT2D eigenvalue weighted by molar-refractivity contribution is -0.136. The van der Waals surface area contributed by atoms with Crippen LogP contribution >= 0.6 is 11.8 Å². The number of benzene rings is 2. The van der Waals surface area contributed by atoms with E-state index < -0.39 is 11.2 Å². The van der Waals surface area contributed by atoms with Gasteiger partial charge in [-0.3, -0.25) is 4.79 Å². The molecule has 3 nitrogen and oxygen atoms in total. The Labute approximate surface area is 122 Å². The zero-order valence-electron chi connectivity index (χ0n) is 11.2. The maximum Gasteiger partial charge on any atom is 0.317 e. The second-order valence-corrected chi connectivity index (χ2v) is 5.55. The van der Waals surface area contributed by atoms with E-state index >= 15 is 0 Å². The molecule has 0 amide bonds. The van der Waals surface area contributed by atoms with Gasteiger partial charge in [-0.25, -0.2) is 0 Å². The zero-order valence-corrected chi connectivity index (χ0v) is 12.0. The summed E-state index contributed by atoms with van der Waals surface area (Å²) in [6.45, 7) is 0. The highest BCUT2D eigenvalue weighted by Gasteiger charge is 2.21. The minimum absolute atomic E-state index is 0.429. The molecule has 0 heterocycles. The zero-order chi connectivity index (χ0) is 14.4. The largest absolute Gasteiger partial charge is 0.496 e. The summed E-state index contributed by atoms with van der Waals surface area (Å²) in [5.41, 5.74) is 0.908. The quantitative estimate of drug-likeness (QED) is 0.827. The average Bonchev–Trinajstić information content (AvgIpc) is 2.48. The molecule has 0 aliphatic rings. The summed E-state index contributed by atoms with van der Waals surface area (Å²) in [6, 6.07) is 17.1. The van der Waals surface area contributed by atoms with Gasteiger partial charge in [0.2, 0.25) is 0 Å². The molecule has 0 saturated carbocycles. The maximum atomic E-state index is 11.4. The number of hydrogen-bond donors (Lipinski definition) is 1. The van der Waals surface area contributed by atoms with Crippen LogP contribution in [0.25, 0.3) is 0 Å². The number of methoxy groups -OCH3 is 1. The third-order valence-corrected chi connectivity index (χ3v) is 4.09. The molecule has 4 heteroatoms. The van der Waals surface area contributed by atoms with Crippen molar-refractivity contribution in [3.05, 3.63) is 60.2 Å². The highest BCUT2D eigenvalue weighted by Crippen LogP contribution is 2.28. The molecule has 2 aromatic carbocycles. The standard InChI is InChI=1S/C16H16O3S/c1-19-14-10-6-5-7-12(14)11-15(16(17)18)20-13-8-3-2-4-9-13/h2-10,15H,11H2,1H3,(H,17,18)/t15-/m0/s1. The number of hydrogen-bond acceptors (Lipinski definition) is 3. The van der Waals surface area contributed by atoms with Crippen molar-refractivity contribution in [1.29, 1.82) is 0 Å². The number of rotatable bonds is 6. The topological polar surface area (TPSA) is 46.5 Å². The van der Waals surface area contributed by atoms with Crippen LogP contribution in [0.15, 0.2) is 59.5 Å². The van der Waals surface area contributed by atoms with Crippen LogP contribution in [0.2, 0.25) is 0 Å². The Morgan fingerprint density at radius 2 is 1.80 bits per heavy atom. The van der Waals surface area contributed by atoms with E-state index in [1.165, 1.54) is 11.8 Å². The summed E-state index contributed by atoms with van der Waals surface area (Å²) in [5.74, 6) is -0.0860. The highest BCUT2D eigenvalue weighted by atomic mass is 32.2. The smallest absolute Gasteiger partial charge is 0.317 e. The van der Waals surface area contributed by atoms with Crippen LogP contribution in [-0.2, 0) is 11.2 Å². The van der Waals surface area contributed by atoms with Crippen LogP contribution in [0, 0.1) is 0 Å². The van der Waals surface area contributed by atoms with Crippen LogP contribution in [0.1, 0.15) is 5.56 Å². The van der Waals surface area contributed by atoms with Crippen molar-refractivity contribution in [2.24, 2.45) is 0 Å². The summed E-state index contributed by atoms with van der Waals surface area (Å²) in [7, 11) is 1.60. The van der Waals surface area contributed by atoms with Crippen molar-refractivity contribution in [2.45, 2.75) is 16.6 Å². The third-order valence-electron chi connectivity index (χ3n) is 2.89. The van der Waals surface area contributed by atoms with Gasteiger partial charge in [-0.2, -0.15) is 0 Å². The van der Waals surface area contributed by atoms with Crippen molar-refractivity contribution in [3.8, 4) is 5.75 Å². The van der Waals surface area contributed by atoms with Crippen molar-refractivity contribution >= 4 is 17.7 Å². The van der Waals surface area contributed by atoms with Crippen molar-refractivity contribution in [1.82, 2.24) is 0 Å². The fraction of sp³-hybridized carbons (Fsp3) is 0.188. The fourth-order valence-electron chi connectivity index (χ4n) is 1.91. The van der Waals surface area contributed by atoms with Gasteiger partial charge in [0.05, 0.1) is 7.11 Å². The molecule has 2 rings (SSSR count). The minimum atomic E-state index is -0.815. The van der Waals surface area contributed by atoms with E-state index in [4.69, 9.17) is 4.74 Å². The molecule has 104 valence electrons. The number of carboxylic acid groups (broad SMARTS) is 1. The monoisotopic (exact) mass is 288 g/mol. The first-order valence-electron chi connectivity index (χ1n) is 6.27. The highest BCUT2D eigenvalue weighted by molar-refractivity contribution is 8.00. The van der Waals surface area contributed by atoms with E-state index in [0.717, 1.165) is 16.2 Å². The predicted molar refractivity (Wildman–Crippen MR) is 80.4 cm³/mol. The Morgan fingerprint density at radius 1 is 1.15 bits per heavy atom. The normalized spacial score (nSPS) is 11.8. The van der Waals surface area contributed by atoms with Gasteiger partial charge in [-0.05, 0) is 30.2 Å². The number of carbonyl (C=O) groups is 1. The van der Waals surface area contributed by atoms with E-state index in [1.807, 2.05) is 54.6 Å². The SMILES string of the molecule is COc1ccccc1C[C@H](Sc1ccccc1)C(=O)O. The lowest BCUT2D eigenvalue weighted by Crippen LogP contribution is -2.19. The van der Waals surface area contributed by atoms with Crippen LogP contribution in [-0.4, -0.2) is 23.4 Å². The van der Waals surface area contributed by atoms with E-state index in [2.05, 4.69) is 0 Å². The Morgan fingerprint density at radius 3 is 2.45 bits per heavy atom. The molecule has 0 radical (unpaired) electrons. The Kier molecular flexibility index (Phi) is 5.07. The van der Waals surface area contributed by atoms with Gasteiger partial charge >= 0.3 is 5.97 Å². The second kappa shape index (κ2) is 7.01. The van der Waals surface area contributed by atoms with Crippen molar-refractivity contribution in [2.75, 3.05) is 7.11 Å². The third kappa shape index (κ3) is 3.78. The van der Waals surface area contributed by atoms with Gasteiger partial charge in [0.25, 0.3) is 0 Å². The van der Waals surface area contributed by atoms with Gasteiger partial charge in [0, 0.05) is 4.90 Å². The predicted octanol–water partition coefficient (Wildman–Crippen LogP) is 3.48. The van der Waals surface area contributed by atoms with Crippen LogP contribution in [0.4, 0.5) is 0 Å². The van der Waals surface area contributed by atoms with Crippen LogP contribution in [0.5, 0.6) is 5.75 Å². The van der Waals surface area contributed by atoms with Gasteiger partial charge in [0.1, 0.15) is 11.0 Å². The molecule has 0 aliphatic heterocycles. The Hall–Kier alpha value is -1.94. The first kappa shape index (κ1) is 14.5. The number of carboxylic acids is 1. The first-order valence-corrected chi connectivity index (χ1v) is 7.15. The molecule has 0 fully saturated rings. The number of aliphatic carboxylic acids is 1. The van der Waals surface area contributed by atoms with Gasteiger partial charge in [-0.15, -0.1) is 11.8 Å². The van der Waals surface area contributed by atoms with Crippen LogP contribution < -0.4 is 4.74 Å². The maximum absolute atomic E-state index is 11.4. The first-order chi connectivity index (χ1) is 9.70. The minimum Gasteiger partial charge on any atom is -0.496 e. The lowest BCUT2D eigenvalue weighted by atomic mass is 10.1. The molecule has 1 atom stereocenters. The number of ether oxygens (including phenoxy) is 1. The number of para-hydroxylation sites is 1. The molecule has 0 aliphatic carbocycles. The van der Waals surface area contributed by atoms with E-state index in [1.54, 1.807) is 7.11 Å². The Bertz CT molecular complexity index is 569. The molecule has 20 heavy (non-hydrogen) atoms. The summed E-state index contributed by atoms with van der Waals surface area (Å²) in [4.78, 5) is 12.4. The molecule has 0 aromatic heterocycles. The molecule has 2 aromatic rings. The van der Waals surface area contributed by atoms with Crippen LogP contribution in [0.3, 0.4) is 0 Å². The van der Waals surface area contributed by atoms with Gasteiger partial charge in [-0.1, -0.05) is 36.4 Å². The summed E-state index contributed by atoms with van der Waals surface area (Å²) in [6.07, 6.45) is 0.429. The molecule has 1 N–H and O–H groups in total. The lowest BCUT2D eigenvalue weighted by Gasteiger charge is -2.14. The number of thioether (sulfide) groups is 1. The van der Waals surface area contributed by atoms with E-state index in [0.29, 0.717) is 6.42 Å².